The van der Waals surface area contributed by atoms with Gasteiger partial charge in [0.05, 0.1) is 12.1 Å². The summed E-state index contributed by atoms with van der Waals surface area (Å²) in [6, 6.07) is 8.69. The molecule has 0 aliphatic carbocycles. The second-order valence-corrected chi connectivity index (χ2v) is 7.00. The summed E-state index contributed by atoms with van der Waals surface area (Å²) in [5, 5.41) is 4.43. The van der Waals surface area contributed by atoms with Gasteiger partial charge in [-0.05, 0) is 63.1 Å². The van der Waals surface area contributed by atoms with Crippen LogP contribution in [-0.2, 0) is 4.74 Å². The third-order valence-corrected chi connectivity index (χ3v) is 5.19. The second kappa shape index (κ2) is 7.32. The zero-order valence-electron chi connectivity index (χ0n) is 13.9. The normalized spacial score (nSPS) is 21.2. The smallest absolute Gasteiger partial charge is 0.192 e. The van der Waals surface area contributed by atoms with Gasteiger partial charge in [-0.25, -0.2) is 9.97 Å². The maximum absolute atomic E-state index is 5.76. The van der Waals surface area contributed by atoms with Gasteiger partial charge in [-0.15, -0.1) is 0 Å². The van der Waals surface area contributed by atoms with Crippen LogP contribution in [0.15, 0.2) is 40.5 Å². The van der Waals surface area contributed by atoms with Gasteiger partial charge in [0.25, 0.3) is 0 Å². The third kappa shape index (κ3) is 4.03. The van der Waals surface area contributed by atoms with Crippen LogP contribution in [0.25, 0.3) is 0 Å². The van der Waals surface area contributed by atoms with Crippen molar-refractivity contribution in [2.24, 2.45) is 0 Å². The molecule has 1 aliphatic heterocycles. The number of aryl methyl sites for hydroxylation is 2. The summed E-state index contributed by atoms with van der Waals surface area (Å²) >= 11 is 1.60. The summed E-state index contributed by atoms with van der Waals surface area (Å²) < 4.78 is 5.76. The molecule has 0 radical (unpaired) electrons. The fraction of sp³-hybridized carbons (Fsp3) is 0.444. The summed E-state index contributed by atoms with van der Waals surface area (Å²) in [4.78, 5) is 10.2. The van der Waals surface area contributed by atoms with Gasteiger partial charge in [0.15, 0.2) is 5.16 Å². The van der Waals surface area contributed by atoms with Gasteiger partial charge < -0.3 is 10.1 Å². The average Bonchev–Trinajstić information content (AvgIpc) is 2.55. The van der Waals surface area contributed by atoms with E-state index in [1.807, 2.05) is 20.0 Å². The van der Waals surface area contributed by atoms with E-state index in [4.69, 9.17) is 4.74 Å². The summed E-state index contributed by atoms with van der Waals surface area (Å²) in [6.45, 7) is 7.06. The zero-order chi connectivity index (χ0) is 16.2. The maximum atomic E-state index is 5.76. The molecule has 0 spiro atoms. The molecule has 23 heavy (non-hydrogen) atoms. The van der Waals surface area contributed by atoms with Crippen LogP contribution >= 0.6 is 11.8 Å². The fourth-order valence-electron chi connectivity index (χ4n) is 2.64. The maximum Gasteiger partial charge on any atom is 0.192 e. The Bertz CT molecular complexity index is 677. The molecule has 1 aromatic carbocycles. The number of nitrogens with zero attached hydrogens (tertiary/aromatic N) is 2. The minimum Gasteiger partial charge on any atom is -0.379 e. The van der Waals surface area contributed by atoms with Crippen molar-refractivity contribution in [3.8, 4) is 0 Å². The van der Waals surface area contributed by atoms with Crippen molar-refractivity contribution in [1.82, 2.24) is 9.97 Å². The Balaban J connectivity index is 1.78. The molecule has 2 atom stereocenters. The van der Waals surface area contributed by atoms with Gasteiger partial charge in [0.2, 0.25) is 0 Å². The largest absolute Gasteiger partial charge is 0.379 e. The van der Waals surface area contributed by atoms with E-state index in [1.165, 1.54) is 0 Å². The molecule has 3 rings (SSSR count). The molecule has 2 aromatic rings. The van der Waals surface area contributed by atoms with Crippen molar-refractivity contribution in [3.63, 3.8) is 0 Å². The van der Waals surface area contributed by atoms with Crippen molar-refractivity contribution in [2.45, 2.75) is 55.8 Å². The van der Waals surface area contributed by atoms with Crippen molar-refractivity contribution < 1.29 is 4.74 Å². The lowest BCUT2D eigenvalue weighted by molar-refractivity contribution is 0.0192. The Kier molecular flexibility index (Phi) is 5.18. The van der Waals surface area contributed by atoms with E-state index in [1.54, 1.807) is 11.8 Å². The highest BCUT2D eigenvalue weighted by molar-refractivity contribution is 7.99. The minimum atomic E-state index is 0.236. The molecule has 1 saturated heterocycles. The van der Waals surface area contributed by atoms with E-state index in [-0.39, 0.29) is 6.10 Å². The molecule has 122 valence electrons. The molecule has 1 fully saturated rings. The van der Waals surface area contributed by atoms with Crippen LogP contribution in [0.1, 0.15) is 31.0 Å². The molecule has 1 aliphatic rings. The molecule has 1 aromatic heterocycles. The van der Waals surface area contributed by atoms with E-state index < -0.39 is 0 Å². The van der Waals surface area contributed by atoms with E-state index in [2.05, 4.69) is 46.5 Å². The average molecular weight is 329 g/mol. The lowest BCUT2D eigenvalue weighted by Crippen LogP contribution is -2.37. The Morgan fingerprint density at radius 2 is 2.09 bits per heavy atom. The van der Waals surface area contributed by atoms with Crippen LogP contribution in [-0.4, -0.2) is 28.7 Å². The first-order chi connectivity index (χ1) is 11.1. The van der Waals surface area contributed by atoms with Crippen LogP contribution < -0.4 is 5.32 Å². The second-order valence-electron chi connectivity index (χ2n) is 5.99. The Morgan fingerprint density at radius 3 is 2.87 bits per heavy atom. The number of anilines is 1. The first-order valence-corrected chi connectivity index (χ1v) is 8.90. The van der Waals surface area contributed by atoms with Crippen molar-refractivity contribution in [2.75, 3.05) is 11.9 Å². The van der Waals surface area contributed by atoms with Gasteiger partial charge in [0, 0.05) is 29.1 Å². The van der Waals surface area contributed by atoms with Crippen molar-refractivity contribution >= 4 is 17.4 Å². The van der Waals surface area contributed by atoms with E-state index in [0.717, 1.165) is 46.4 Å². The van der Waals surface area contributed by atoms with E-state index in [0.29, 0.717) is 6.04 Å². The summed E-state index contributed by atoms with van der Waals surface area (Å²) in [6.07, 6.45) is 4.37. The lowest BCUT2D eigenvalue weighted by Gasteiger charge is -2.31. The molecule has 2 unspecified atom stereocenters. The number of ether oxygens (including phenoxy) is 1. The van der Waals surface area contributed by atoms with Crippen LogP contribution in [0.4, 0.5) is 5.69 Å². The number of nitrogens with one attached hydrogen (secondary N) is 1. The third-order valence-electron chi connectivity index (χ3n) is 4.24. The van der Waals surface area contributed by atoms with Gasteiger partial charge in [-0.1, -0.05) is 12.1 Å². The zero-order valence-corrected chi connectivity index (χ0v) is 14.7. The highest BCUT2D eigenvalue weighted by Crippen LogP contribution is 2.33. The molecule has 2 heterocycles. The molecule has 0 saturated carbocycles. The first kappa shape index (κ1) is 16.3. The lowest BCUT2D eigenvalue weighted by atomic mass is 10.0. The van der Waals surface area contributed by atoms with Gasteiger partial charge in [0.1, 0.15) is 0 Å². The van der Waals surface area contributed by atoms with Crippen molar-refractivity contribution in [1.29, 1.82) is 0 Å². The summed E-state index contributed by atoms with van der Waals surface area (Å²) in [5.74, 6) is 0. The van der Waals surface area contributed by atoms with Gasteiger partial charge in [-0.2, -0.15) is 0 Å². The minimum absolute atomic E-state index is 0.236. The van der Waals surface area contributed by atoms with Crippen LogP contribution in [0.2, 0.25) is 0 Å². The van der Waals surface area contributed by atoms with E-state index in [9.17, 15) is 0 Å². The highest BCUT2D eigenvalue weighted by atomic mass is 32.2. The van der Waals surface area contributed by atoms with Crippen LogP contribution in [0.5, 0.6) is 0 Å². The number of aromatic nitrogens is 2. The Morgan fingerprint density at radius 1 is 1.26 bits per heavy atom. The highest BCUT2D eigenvalue weighted by Gasteiger charge is 2.22. The number of para-hydroxylation sites is 1. The predicted octanol–water partition coefficient (Wildman–Crippen LogP) is 4.22. The standard InChI is InChI=1S/C18H23N3OS/c1-12-11-19-18(20-13(12)2)23-17-9-5-4-7-16(17)21-15-8-6-10-22-14(15)3/h4-5,7,9,11,14-15,21H,6,8,10H2,1-3H3. The monoisotopic (exact) mass is 329 g/mol. The number of rotatable bonds is 4. The number of hydrogen-bond donors (Lipinski definition) is 1. The molecule has 0 amide bonds. The first-order valence-electron chi connectivity index (χ1n) is 8.09. The molecule has 0 bridgehead atoms. The Labute approximate surface area is 142 Å². The van der Waals surface area contributed by atoms with Crippen LogP contribution in [0, 0.1) is 13.8 Å². The Hall–Kier alpha value is -1.59. The van der Waals surface area contributed by atoms with Crippen molar-refractivity contribution in [3.05, 3.63) is 41.7 Å². The molecule has 1 N–H and O–H groups in total. The fourth-order valence-corrected chi connectivity index (χ4v) is 3.51. The van der Waals surface area contributed by atoms with Crippen LogP contribution in [0.3, 0.4) is 0 Å². The topological polar surface area (TPSA) is 47.0 Å². The predicted molar refractivity (Wildman–Crippen MR) is 94.1 cm³/mol. The summed E-state index contributed by atoms with van der Waals surface area (Å²) in [7, 11) is 0. The summed E-state index contributed by atoms with van der Waals surface area (Å²) in [5.41, 5.74) is 3.28. The molecular formula is C18H23N3OS. The molecule has 5 heteroatoms. The quantitative estimate of drug-likeness (QED) is 0.851. The van der Waals surface area contributed by atoms with Gasteiger partial charge >= 0.3 is 0 Å². The van der Waals surface area contributed by atoms with Gasteiger partial charge in [-0.3, -0.25) is 0 Å². The van der Waals surface area contributed by atoms with E-state index >= 15 is 0 Å². The number of benzene rings is 1. The molecule has 4 nitrogen and oxygen atoms in total. The number of hydrogen-bond acceptors (Lipinski definition) is 5. The molecular weight excluding hydrogens is 306 g/mol. The SMILES string of the molecule is Cc1cnc(Sc2ccccc2NC2CCCOC2C)nc1C.